The van der Waals surface area contributed by atoms with E-state index in [1.54, 1.807) is 35.5 Å². The molecule has 3 aromatic rings. The third-order valence-corrected chi connectivity index (χ3v) is 4.13. The van der Waals surface area contributed by atoms with Crippen LogP contribution in [0.2, 0.25) is 0 Å². The van der Waals surface area contributed by atoms with Crippen molar-refractivity contribution in [1.82, 2.24) is 0 Å². The third kappa shape index (κ3) is 2.16. The molecule has 0 unspecified atom stereocenters. The quantitative estimate of drug-likeness (QED) is 0.662. The summed E-state index contributed by atoms with van der Waals surface area (Å²) < 4.78 is 27.9. The summed E-state index contributed by atoms with van der Waals surface area (Å²) in [5.74, 6) is 2.92. The van der Waals surface area contributed by atoms with E-state index in [2.05, 4.69) is 0 Å². The lowest BCUT2D eigenvalue weighted by Gasteiger charge is -2.20. The van der Waals surface area contributed by atoms with Crippen LogP contribution < -0.4 is 23.7 Å². The predicted molar refractivity (Wildman–Crippen MR) is 94.2 cm³/mol. The minimum absolute atomic E-state index is 0.489. The maximum absolute atomic E-state index is 5.68. The third-order valence-electron chi connectivity index (χ3n) is 4.13. The van der Waals surface area contributed by atoms with Crippen LogP contribution >= 0.6 is 0 Å². The number of rotatable bonds is 5. The molecule has 0 amide bonds. The number of ether oxygens (including phenoxy) is 5. The maximum atomic E-state index is 5.68. The Morgan fingerprint density at radius 2 is 1.17 bits per heavy atom. The second-order valence-electron chi connectivity index (χ2n) is 5.18. The van der Waals surface area contributed by atoms with Crippen LogP contribution in [0.1, 0.15) is 0 Å². The van der Waals surface area contributed by atoms with Crippen LogP contribution in [-0.4, -0.2) is 35.5 Å². The minimum atomic E-state index is 0.489. The van der Waals surface area contributed by atoms with Crippen LogP contribution in [0.15, 0.2) is 30.3 Å². The van der Waals surface area contributed by atoms with Gasteiger partial charge in [0.25, 0.3) is 0 Å². The van der Waals surface area contributed by atoms with Gasteiger partial charge in [-0.25, -0.2) is 0 Å². The van der Waals surface area contributed by atoms with Gasteiger partial charge >= 0.3 is 0 Å². The zero-order valence-corrected chi connectivity index (χ0v) is 14.4. The van der Waals surface area contributed by atoms with Crippen molar-refractivity contribution in [1.29, 1.82) is 0 Å². The summed E-state index contributed by atoms with van der Waals surface area (Å²) in [5.41, 5.74) is 0. The Balaban J connectivity index is 2.65. The van der Waals surface area contributed by atoms with Crippen molar-refractivity contribution in [3.05, 3.63) is 30.3 Å². The maximum Gasteiger partial charge on any atom is 0.207 e. The van der Waals surface area contributed by atoms with Crippen molar-refractivity contribution < 1.29 is 23.7 Å². The molecule has 0 N–H and O–H groups in total. The summed E-state index contributed by atoms with van der Waals surface area (Å²) in [6, 6.07) is 9.91. The van der Waals surface area contributed by atoms with Crippen molar-refractivity contribution in [3.63, 3.8) is 0 Å². The minimum Gasteiger partial charge on any atom is -0.496 e. The van der Waals surface area contributed by atoms with E-state index in [1.807, 2.05) is 30.3 Å². The molecular weight excluding hydrogens is 308 g/mol. The number of hydrogen-bond acceptors (Lipinski definition) is 5. The Kier molecular flexibility index (Phi) is 4.25. The first kappa shape index (κ1) is 16.1. The van der Waals surface area contributed by atoms with Gasteiger partial charge < -0.3 is 23.7 Å². The van der Waals surface area contributed by atoms with Crippen LogP contribution in [0.25, 0.3) is 21.5 Å². The van der Waals surface area contributed by atoms with Gasteiger partial charge in [0.15, 0.2) is 11.5 Å². The molecule has 0 heterocycles. The molecular formula is C19H20O5. The molecule has 5 nitrogen and oxygen atoms in total. The van der Waals surface area contributed by atoms with E-state index < -0.39 is 0 Å². The standard InChI is InChI=1S/C19H20O5/c1-20-13-8-6-7-11-9-10-12-15(14(11)13)17(22-3)19(24-5)18(23-4)16(12)21-2/h6-10H,1-5H3. The average molecular weight is 328 g/mol. The van der Waals surface area contributed by atoms with Crippen molar-refractivity contribution in [3.8, 4) is 28.7 Å². The summed E-state index contributed by atoms with van der Waals surface area (Å²) in [6.07, 6.45) is 0. The summed E-state index contributed by atoms with van der Waals surface area (Å²) in [4.78, 5) is 0. The summed E-state index contributed by atoms with van der Waals surface area (Å²) >= 11 is 0. The van der Waals surface area contributed by atoms with E-state index in [4.69, 9.17) is 23.7 Å². The number of fused-ring (bicyclic) bond motifs is 3. The fourth-order valence-electron chi connectivity index (χ4n) is 3.15. The predicted octanol–water partition coefficient (Wildman–Crippen LogP) is 4.04. The van der Waals surface area contributed by atoms with E-state index in [0.29, 0.717) is 23.0 Å². The fourth-order valence-corrected chi connectivity index (χ4v) is 3.15. The van der Waals surface area contributed by atoms with E-state index in [0.717, 1.165) is 27.3 Å². The Hall–Kier alpha value is -2.82. The van der Waals surface area contributed by atoms with Crippen LogP contribution in [0.5, 0.6) is 28.7 Å². The van der Waals surface area contributed by atoms with Crippen molar-refractivity contribution in [2.24, 2.45) is 0 Å². The van der Waals surface area contributed by atoms with Gasteiger partial charge in [-0.2, -0.15) is 0 Å². The summed E-state index contributed by atoms with van der Waals surface area (Å²) in [6.45, 7) is 0. The molecule has 0 aliphatic rings. The van der Waals surface area contributed by atoms with Crippen molar-refractivity contribution in [2.45, 2.75) is 0 Å². The molecule has 0 aliphatic heterocycles. The first-order valence-electron chi connectivity index (χ1n) is 7.47. The largest absolute Gasteiger partial charge is 0.496 e. The Morgan fingerprint density at radius 3 is 1.75 bits per heavy atom. The van der Waals surface area contributed by atoms with Gasteiger partial charge in [-0.15, -0.1) is 0 Å². The van der Waals surface area contributed by atoms with Gasteiger partial charge in [0.2, 0.25) is 11.5 Å². The molecule has 0 spiro atoms. The lowest BCUT2D eigenvalue weighted by Crippen LogP contribution is -2.00. The lowest BCUT2D eigenvalue weighted by molar-refractivity contribution is 0.309. The van der Waals surface area contributed by atoms with E-state index in [-0.39, 0.29) is 0 Å². The molecule has 3 aromatic carbocycles. The van der Waals surface area contributed by atoms with Crippen LogP contribution in [0.3, 0.4) is 0 Å². The fraction of sp³-hybridized carbons (Fsp3) is 0.263. The van der Waals surface area contributed by atoms with E-state index >= 15 is 0 Å². The van der Waals surface area contributed by atoms with Gasteiger partial charge in [0.1, 0.15) is 5.75 Å². The Bertz CT molecular complexity index is 902. The van der Waals surface area contributed by atoms with Gasteiger partial charge in [-0.05, 0) is 17.5 Å². The summed E-state index contributed by atoms with van der Waals surface area (Å²) in [7, 11) is 8.02. The molecule has 0 radical (unpaired) electrons. The Morgan fingerprint density at radius 1 is 0.542 bits per heavy atom. The molecule has 24 heavy (non-hydrogen) atoms. The summed E-state index contributed by atoms with van der Waals surface area (Å²) in [5, 5.41) is 3.70. The molecule has 0 fully saturated rings. The molecule has 5 heteroatoms. The second-order valence-corrected chi connectivity index (χ2v) is 5.18. The normalized spacial score (nSPS) is 10.7. The van der Waals surface area contributed by atoms with Gasteiger partial charge in [0.05, 0.1) is 35.5 Å². The number of methoxy groups -OCH3 is 5. The zero-order valence-electron chi connectivity index (χ0n) is 14.4. The lowest BCUT2D eigenvalue weighted by atomic mass is 9.98. The highest BCUT2D eigenvalue weighted by Gasteiger charge is 2.25. The molecule has 0 saturated heterocycles. The van der Waals surface area contributed by atoms with Gasteiger partial charge in [-0.1, -0.05) is 18.2 Å². The average Bonchev–Trinajstić information content (AvgIpc) is 2.64. The number of benzene rings is 3. The van der Waals surface area contributed by atoms with E-state index in [9.17, 15) is 0 Å². The van der Waals surface area contributed by atoms with Gasteiger partial charge in [-0.3, -0.25) is 0 Å². The number of hydrogen-bond donors (Lipinski definition) is 0. The molecule has 0 aromatic heterocycles. The molecule has 0 bridgehead atoms. The molecule has 3 rings (SSSR count). The molecule has 0 saturated carbocycles. The highest BCUT2D eigenvalue weighted by molar-refractivity contribution is 6.17. The van der Waals surface area contributed by atoms with E-state index in [1.165, 1.54) is 0 Å². The van der Waals surface area contributed by atoms with Gasteiger partial charge in [0, 0.05) is 16.2 Å². The topological polar surface area (TPSA) is 46.2 Å². The molecule has 0 aliphatic carbocycles. The van der Waals surface area contributed by atoms with Crippen molar-refractivity contribution >= 4 is 21.5 Å². The molecule has 0 atom stereocenters. The smallest absolute Gasteiger partial charge is 0.207 e. The van der Waals surface area contributed by atoms with Crippen LogP contribution in [0.4, 0.5) is 0 Å². The molecule has 126 valence electrons. The monoisotopic (exact) mass is 328 g/mol. The highest BCUT2D eigenvalue weighted by Crippen LogP contribution is 2.53. The van der Waals surface area contributed by atoms with Crippen molar-refractivity contribution in [2.75, 3.05) is 35.5 Å². The highest BCUT2D eigenvalue weighted by atomic mass is 16.5. The second kappa shape index (κ2) is 6.35. The first-order chi connectivity index (χ1) is 11.7. The zero-order chi connectivity index (χ0) is 17.3. The first-order valence-corrected chi connectivity index (χ1v) is 7.47. The Labute approximate surface area is 140 Å². The van der Waals surface area contributed by atoms with Crippen LogP contribution in [0, 0.1) is 0 Å². The van der Waals surface area contributed by atoms with Crippen LogP contribution in [-0.2, 0) is 0 Å². The SMILES string of the molecule is COc1c(OC)c(OC)c2c(ccc3cccc(OC)c32)c1OC.